The Hall–Kier alpha value is -0.580. The number of hydrogen-bond acceptors (Lipinski definition) is 3. The Morgan fingerprint density at radius 1 is 1.43 bits per heavy atom. The molecule has 1 aromatic rings. The van der Waals surface area contributed by atoms with Crippen LogP contribution < -0.4 is 0 Å². The van der Waals surface area contributed by atoms with Crippen molar-refractivity contribution in [2.24, 2.45) is 0 Å². The topological polar surface area (TPSA) is 40.5 Å². The lowest BCUT2D eigenvalue weighted by atomic mass is 10.0. The van der Waals surface area contributed by atoms with Crippen molar-refractivity contribution in [2.45, 2.75) is 19.1 Å². The van der Waals surface area contributed by atoms with Crippen LogP contribution in [0.4, 0.5) is 4.39 Å². The Kier molecular flexibility index (Phi) is 3.92. The van der Waals surface area contributed by atoms with E-state index in [0.29, 0.717) is 11.1 Å². The van der Waals surface area contributed by atoms with E-state index in [-0.39, 0.29) is 11.6 Å². The molecule has 2 N–H and O–H groups in total. The first-order valence-corrected chi connectivity index (χ1v) is 4.92. The zero-order valence-corrected chi connectivity index (χ0v) is 8.71. The molecule has 0 saturated carbocycles. The van der Waals surface area contributed by atoms with E-state index in [1.165, 1.54) is 6.07 Å². The standard InChI is InChI=1S/C10H13FO2S/c1-6-2-3-7(4-8(6)11)10(13)9(12)5-14/h2-4,9-10,12-14H,5H2,1H3. The predicted molar refractivity (Wildman–Crippen MR) is 56.0 cm³/mol. The second-order valence-electron chi connectivity index (χ2n) is 3.20. The van der Waals surface area contributed by atoms with E-state index in [4.69, 9.17) is 0 Å². The molecule has 0 heterocycles. The highest BCUT2D eigenvalue weighted by atomic mass is 32.1. The van der Waals surface area contributed by atoms with Gasteiger partial charge in [0.2, 0.25) is 0 Å². The van der Waals surface area contributed by atoms with Crippen LogP contribution in [-0.2, 0) is 0 Å². The largest absolute Gasteiger partial charge is 0.389 e. The molecule has 2 atom stereocenters. The second kappa shape index (κ2) is 4.77. The van der Waals surface area contributed by atoms with E-state index < -0.39 is 12.2 Å². The smallest absolute Gasteiger partial charge is 0.126 e. The van der Waals surface area contributed by atoms with E-state index in [1.54, 1.807) is 19.1 Å². The molecule has 2 unspecified atom stereocenters. The Labute approximate surface area is 87.8 Å². The van der Waals surface area contributed by atoms with Crippen molar-refractivity contribution >= 4 is 12.6 Å². The molecule has 4 heteroatoms. The molecule has 1 rings (SSSR count). The fraction of sp³-hybridized carbons (Fsp3) is 0.400. The molecule has 14 heavy (non-hydrogen) atoms. The summed E-state index contributed by atoms with van der Waals surface area (Å²) < 4.78 is 13.1. The normalized spacial score (nSPS) is 15.2. The molecular formula is C10H13FO2S. The predicted octanol–water partition coefficient (Wildman–Crippen LogP) is 1.46. The lowest BCUT2D eigenvalue weighted by Gasteiger charge is -2.16. The molecule has 0 fully saturated rings. The lowest BCUT2D eigenvalue weighted by Crippen LogP contribution is -2.19. The number of hydrogen-bond donors (Lipinski definition) is 3. The van der Waals surface area contributed by atoms with Crippen molar-refractivity contribution in [3.8, 4) is 0 Å². The highest BCUT2D eigenvalue weighted by Crippen LogP contribution is 2.20. The number of aliphatic hydroxyl groups excluding tert-OH is 2. The average Bonchev–Trinajstić information content (AvgIpc) is 2.20. The van der Waals surface area contributed by atoms with Gasteiger partial charge in [-0.15, -0.1) is 0 Å². The zero-order chi connectivity index (χ0) is 10.7. The van der Waals surface area contributed by atoms with Crippen LogP contribution >= 0.6 is 12.6 Å². The van der Waals surface area contributed by atoms with Crippen molar-refractivity contribution in [1.82, 2.24) is 0 Å². The summed E-state index contributed by atoms with van der Waals surface area (Å²) in [7, 11) is 0. The average molecular weight is 216 g/mol. The first kappa shape index (κ1) is 11.5. The third kappa shape index (κ3) is 2.47. The number of thiol groups is 1. The van der Waals surface area contributed by atoms with Crippen molar-refractivity contribution in [2.75, 3.05) is 5.75 Å². The lowest BCUT2D eigenvalue weighted by molar-refractivity contribution is 0.0336. The Morgan fingerprint density at radius 2 is 2.07 bits per heavy atom. The van der Waals surface area contributed by atoms with Gasteiger partial charge in [-0.1, -0.05) is 12.1 Å². The minimum atomic E-state index is -1.08. The van der Waals surface area contributed by atoms with Gasteiger partial charge in [0.1, 0.15) is 11.9 Å². The molecule has 0 aromatic heterocycles. The van der Waals surface area contributed by atoms with Gasteiger partial charge in [0.25, 0.3) is 0 Å². The zero-order valence-electron chi connectivity index (χ0n) is 7.81. The number of halogens is 1. The third-order valence-electron chi connectivity index (χ3n) is 2.09. The SMILES string of the molecule is Cc1ccc(C(O)C(O)CS)cc1F. The number of rotatable bonds is 3. The van der Waals surface area contributed by atoms with Crippen LogP contribution in [0.25, 0.3) is 0 Å². The van der Waals surface area contributed by atoms with E-state index in [9.17, 15) is 14.6 Å². The van der Waals surface area contributed by atoms with E-state index in [2.05, 4.69) is 12.6 Å². The summed E-state index contributed by atoms with van der Waals surface area (Å²) in [5.41, 5.74) is 0.885. The summed E-state index contributed by atoms with van der Waals surface area (Å²) in [6.07, 6.45) is -2.05. The molecular weight excluding hydrogens is 203 g/mol. The highest BCUT2D eigenvalue weighted by molar-refractivity contribution is 7.80. The van der Waals surface area contributed by atoms with E-state index in [0.717, 1.165) is 0 Å². The van der Waals surface area contributed by atoms with E-state index in [1.807, 2.05) is 0 Å². The van der Waals surface area contributed by atoms with Gasteiger partial charge < -0.3 is 10.2 Å². The summed E-state index contributed by atoms with van der Waals surface area (Å²) in [4.78, 5) is 0. The maximum atomic E-state index is 13.1. The molecule has 0 spiro atoms. The van der Waals surface area contributed by atoms with Gasteiger partial charge in [-0.25, -0.2) is 4.39 Å². The molecule has 0 aliphatic carbocycles. The van der Waals surface area contributed by atoms with Gasteiger partial charge in [-0.2, -0.15) is 12.6 Å². The molecule has 0 aliphatic rings. The maximum Gasteiger partial charge on any atom is 0.126 e. The van der Waals surface area contributed by atoms with Gasteiger partial charge in [0, 0.05) is 5.75 Å². The molecule has 0 aliphatic heterocycles. The molecule has 0 radical (unpaired) electrons. The van der Waals surface area contributed by atoms with Crippen LogP contribution in [-0.4, -0.2) is 22.1 Å². The van der Waals surface area contributed by atoms with E-state index >= 15 is 0 Å². The van der Waals surface area contributed by atoms with Gasteiger partial charge in [0.15, 0.2) is 0 Å². The second-order valence-corrected chi connectivity index (χ2v) is 3.57. The van der Waals surface area contributed by atoms with Crippen molar-refractivity contribution in [3.63, 3.8) is 0 Å². The monoisotopic (exact) mass is 216 g/mol. The Balaban J connectivity index is 2.91. The van der Waals surface area contributed by atoms with Gasteiger partial charge in [0.05, 0.1) is 6.10 Å². The molecule has 78 valence electrons. The van der Waals surface area contributed by atoms with Crippen LogP contribution in [0.15, 0.2) is 18.2 Å². The van der Waals surface area contributed by atoms with Gasteiger partial charge >= 0.3 is 0 Å². The van der Waals surface area contributed by atoms with Crippen molar-refractivity contribution in [1.29, 1.82) is 0 Å². The van der Waals surface area contributed by atoms with Gasteiger partial charge in [-0.3, -0.25) is 0 Å². The Morgan fingerprint density at radius 3 is 2.57 bits per heavy atom. The van der Waals surface area contributed by atoms with Crippen LogP contribution in [0.1, 0.15) is 17.2 Å². The fourth-order valence-corrected chi connectivity index (χ4v) is 1.31. The minimum Gasteiger partial charge on any atom is -0.389 e. The van der Waals surface area contributed by atoms with Crippen LogP contribution in [0.2, 0.25) is 0 Å². The first-order chi connectivity index (χ1) is 6.56. The Bertz CT molecular complexity index is 317. The molecule has 2 nitrogen and oxygen atoms in total. The minimum absolute atomic E-state index is 0.136. The quantitative estimate of drug-likeness (QED) is 0.669. The summed E-state index contributed by atoms with van der Waals surface area (Å²) in [6, 6.07) is 4.39. The first-order valence-electron chi connectivity index (χ1n) is 4.29. The summed E-state index contributed by atoms with van der Waals surface area (Å²) in [5, 5.41) is 18.8. The molecule has 0 amide bonds. The maximum absolute atomic E-state index is 13.1. The molecule has 1 aromatic carbocycles. The number of aryl methyl sites for hydroxylation is 1. The number of aliphatic hydroxyl groups is 2. The molecule has 0 saturated heterocycles. The third-order valence-corrected chi connectivity index (χ3v) is 2.46. The van der Waals surface area contributed by atoms with Crippen molar-refractivity contribution in [3.05, 3.63) is 35.1 Å². The van der Waals surface area contributed by atoms with Gasteiger partial charge in [-0.05, 0) is 24.1 Å². The van der Waals surface area contributed by atoms with Crippen LogP contribution in [0.3, 0.4) is 0 Å². The summed E-state index contributed by atoms with van der Waals surface area (Å²) in [5.74, 6) is -0.246. The summed E-state index contributed by atoms with van der Waals surface area (Å²) >= 11 is 3.85. The number of benzene rings is 1. The van der Waals surface area contributed by atoms with Crippen LogP contribution in [0, 0.1) is 12.7 Å². The fourth-order valence-electron chi connectivity index (χ4n) is 1.12. The summed E-state index contributed by atoms with van der Waals surface area (Å²) in [6.45, 7) is 1.64. The van der Waals surface area contributed by atoms with Crippen molar-refractivity contribution < 1.29 is 14.6 Å². The molecule has 0 bridgehead atoms. The highest BCUT2D eigenvalue weighted by Gasteiger charge is 2.17. The van der Waals surface area contributed by atoms with Crippen LogP contribution in [0.5, 0.6) is 0 Å².